The van der Waals surface area contributed by atoms with Crippen LogP contribution >= 0.6 is 0 Å². The van der Waals surface area contributed by atoms with Gasteiger partial charge in [0, 0.05) is 12.0 Å². The monoisotopic (exact) mass is 293 g/mol. The van der Waals surface area contributed by atoms with Crippen LogP contribution in [0.2, 0.25) is 0 Å². The second-order valence-corrected chi connectivity index (χ2v) is 5.17. The molecule has 1 aliphatic rings. The molecule has 1 aliphatic heterocycles. The first-order valence-electron chi connectivity index (χ1n) is 7.07. The van der Waals surface area contributed by atoms with E-state index in [1.54, 1.807) is 4.68 Å². The molecule has 4 rings (SSSR count). The van der Waals surface area contributed by atoms with Crippen LogP contribution in [-0.2, 0) is 6.42 Å². The van der Waals surface area contributed by atoms with Crippen molar-refractivity contribution in [3.8, 4) is 17.2 Å². The van der Waals surface area contributed by atoms with Crippen molar-refractivity contribution in [1.29, 1.82) is 0 Å². The summed E-state index contributed by atoms with van der Waals surface area (Å²) in [4.78, 5) is 0. The Kier molecular flexibility index (Phi) is 2.96. The van der Waals surface area contributed by atoms with Gasteiger partial charge in [-0.15, -0.1) is 0 Å². The average Bonchev–Trinajstić information content (AvgIpc) is 3.15. The van der Waals surface area contributed by atoms with Crippen LogP contribution in [0.25, 0.3) is 5.69 Å². The third kappa shape index (κ3) is 2.16. The van der Waals surface area contributed by atoms with E-state index in [4.69, 9.17) is 15.2 Å². The number of rotatable bonds is 3. The highest BCUT2D eigenvalue weighted by Crippen LogP contribution is 2.33. The summed E-state index contributed by atoms with van der Waals surface area (Å²) < 4.78 is 12.5. The van der Waals surface area contributed by atoms with Gasteiger partial charge in [-0.3, -0.25) is 0 Å². The number of ether oxygens (including phenoxy) is 2. The smallest absolute Gasteiger partial charge is 0.231 e. The molecule has 0 atom stereocenters. The second kappa shape index (κ2) is 5.11. The van der Waals surface area contributed by atoms with Crippen LogP contribution in [0.4, 0.5) is 5.82 Å². The van der Waals surface area contributed by atoms with Crippen LogP contribution in [0.3, 0.4) is 0 Å². The number of nitrogen functional groups attached to an aromatic ring is 1. The van der Waals surface area contributed by atoms with Gasteiger partial charge in [0.2, 0.25) is 6.79 Å². The maximum atomic E-state index is 6.24. The number of nitrogens with two attached hydrogens (primary N) is 1. The van der Waals surface area contributed by atoms with Gasteiger partial charge >= 0.3 is 0 Å². The molecule has 0 fully saturated rings. The molecular formula is C17H15N3O2. The first kappa shape index (κ1) is 12.8. The molecule has 1 aromatic heterocycles. The van der Waals surface area contributed by atoms with E-state index in [9.17, 15) is 0 Å². The Morgan fingerprint density at radius 3 is 2.73 bits per heavy atom. The zero-order valence-corrected chi connectivity index (χ0v) is 11.9. The van der Waals surface area contributed by atoms with Gasteiger partial charge in [0.05, 0.1) is 11.9 Å². The highest BCUT2D eigenvalue weighted by atomic mass is 16.7. The molecule has 5 nitrogen and oxygen atoms in total. The quantitative estimate of drug-likeness (QED) is 0.806. The van der Waals surface area contributed by atoms with Crippen molar-refractivity contribution < 1.29 is 9.47 Å². The van der Waals surface area contributed by atoms with Crippen molar-refractivity contribution in [3.05, 3.63) is 65.9 Å². The van der Waals surface area contributed by atoms with E-state index in [2.05, 4.69) is 5.10 Å². The van der Waals surface area contributed by atoms with Crippen molar-refractivity contribution in [2.45, 2.75) is 6.42 Å². The van der Waals surface area contributed by atoms with E-state index >= 15 is 0 Å². The molecule has 3 aromatic rings. The zero-order chi connectivity index (χ0) is 14.9. The van der Waals surface area contributed by atoms with Crippen LogP contribution in [-0.4, -0.2) is 16.6 Å². The summed E-state index contributed by atoms with van der Waals surface area (Å²) in [6.45, 7) is 0.285. The molecule has 0 unspecified atom stereocenters. The Bertz CT molecular complexity index is 812. The Morgan fingerprint density at radius 1 is 1.05 bits per heavy atom. The number of fused-ring (bicyclic) bond motifs is 1. The van der Waals surface area contributed by atoms with Gasteiger partial charge in [-0.25, -0.2) is 4.68 Å². The first-order valence-corrected chi connectivity index (χ1v) is 7.07. The summed E-state index contributed by atoms with van der Waals surface area (Å²) in [6.07, 6.45) is 2.52. The van der Waals surface area contributed by atoms with Crippen molar-refractivity contribution in [3.63, 3.8) is 0 Å². The molecule has 0 radical (unpaired) electrons. The highest BCUT2D eigenvalue weighted by Gasteiger charge is 2.15. The van der Waals surface area contributed by atoms with Gasteiger partial charge in [-0.2, -0.15) is 5.10 Å². The fraction of sp³-hybridized carbons (Fsp3) is 0.118. The van der Waals surface area contributed by atoms with Gasteiger partial charge in [-0.05, 0) is 29.8 Å². The first-order chi connectivity index (χ1) is 10.8. The molecule has 2 aromatic carbocycles. The minimum atomic E-state index is 0.285. The van der Waals surface area contributed by atoms with E-state index in [0.717, 1.165) is 28.3 Å². The molecule has 0 spiro atoms. The van der Waals surface area contributed by atoms with E-state index in [1.165, 1.54) is 0 Å². The summed E-state index contributed by atoms with van der Waals surface area (Å²) in [5.74, 6) is 2.23. The third-order valence-corrected chi connectivity index (χ3v) is 3.72. The number of nitrogens with zero attached hydrogens (tertiary/aromatic N) is 2. The summed E-state index contributed by atoms with van der Waals surface area (Å²) in [6, 6.07) is 15.8. The van der Waals surface area contributed by atoms with Gasteiger partial charge in [-0.1, -0.05) is 24.3 Å². The van der Waals surface area contributed by atoms with Crippen LogP contribution in [0, 0.1) is 0 Å². The fourth-order valence-corrected chi connectivity index (χ4v) is 2.57. The molecule has 0 saturated carbocycles. The highest BCUT2D eigenvalue weighted by molar-refractivity contribution is 5.50. The minimum Gasteiger partial charge on any atom is -0.454 e. The zero-order valence-electron chi connectivity index (χ0n) is 11.9. The molecule has 0 amide bonds. The molecule has 22 heavy (non-hydrogen) atoms. The summed E-state index contributed by atoms with van der Waals surface area (Å²) in [5, 5.41) is 4.39. The lowest BCUT2D eigenvalue weighted by atomic mass is 10.1. The van der Waals surface area contributed by atoms with Crippen molar-refractivity contribution in [2.75, 3.05) is 12.5 Å². The van der Waals surface area contributed by atoms with Crippen LogP contribution in [0.1, 0.15) is 11.1 Å². The lowest BCUT2D eigenvalue weighted by molar-refractivity contribution is 0.174. The molecule has 2 heterocycles. The third-order valence-electron chi connectivity index (χ3n) is 3.72. The largest absolute Gasteiger partial charge is 0.454 e. The second-order valence-electron chi connectivity index (χ2n) is 5.17. The van der Waals surface area contributed by atoms with Crippen LogP contribution < -0.4 is 15.2 Å². The summed E-state index contributed by atoms with van der Waals surface area (Å²) in [5.41, 5.74) is 9.30. The standard InChI is InChI=1S/C17H15N3O2/c18-17-13(10-19-20(17)14-4-2-1-3-5-14)8-12-6-7-15-16(9-12)22-11-21-15/h1-7,9-10H,8,11,18H2. The number of hydrogen-bond acceptors (Lipinski definition) is 4. The summed E-state index contributed by atoms with van der Waals surface area (Å²) >= 11 is 0. The Labute approximate surface area is 127 Å². The van der Waals surface area contributed by atoms with Crippen molar-refractivity contribution >= 4 is 5.82 Å². The SMILES string of the molecule is Nc1c(Cc2ccc3c(c2)OCO3)cnn1-c1ccccc1. The van der Waals surface area contributed by atoms with E-state index < -0.39 is 0 Å². The van der Waals surface area contributed by atoms with Gasteiger partial charge < -0.3 is 15.2 Å². The predicted octanol–water partition coefficient (Wildman–Crippen LogP) is 2.77. The van der Waals surface area contributed by atoms with E-state index in [0.29, 0.717) is 12.2 Å². The van der Waals surface area contributed by atoms with Gasteiger partial charge in [0.1, 0.15) is 5.82 Å². The number of anilines is 1. The van der Waals surface area contributed by atoms with Crippen molar-refractivity contribution in [2.24, 2.45) is 0 Å². The number of benzene rings is 2. The molecule has 0 aliphatic carbocycles. The molecule has 0 saturated heterocycles. The topological polar surface area (TPSA) is 62.3 Å². The van der Waals surface area contributed by atoms with Gasteiger partial charge in [0.25, 0.3) is 0 Å². The number of para-hydroxylation sites is 1. The minimum absolute atomic E-state index is 0.285. The molecular weight excluding hydrogens is 278 g/mol. The Hall–Kier alpha value is -2.95. The van der Waals surface area contributed by atoms with Crippen molar-refractivity contribution in [1.82, 2.24) is 9.78 Å². The van der Waals surface area contributed by atoms with E-state index in [1.807, 2.05) is 54.7 Å². The fourth-order valence-electron chi connectivity index (χ4n) is 2.57. The lowest BCUT2D eigenvalue weighted by Gasteiger charge is -2.06. The molecule has 2 N–H and O–H groups in total. The Morgan fingerprint density at radius 2 is 1.86 bits per heavy atom. The predicted molar refractivity (Wildman–Crippen MR) is 83.3 cm³/mol. The van der Waals surface area contributed by atoms with Crippen LogP contribution in [0.15, 0.2) is 54.7 Å². The molecule has 5 heteroatoms. The van der Waals surface area contributed by atoms with E-state index in [-0.39, 0.29) is 6.79 Å². The molecule has 110 valence electrons. The Balaban J connectivity index is 1.63. The maximum absolute atomic E-state index is 6.24. The number of hydrogen-bond donors (Lipinski definition) is 1. The summed E-state index contributed by atoms with van der Waals surface area (Å²) in [7, 11) is 0. The maximum Gasteiger partial charge on any atom is 0.231 e. The average molecular weight is 293 g/mol. The normalized spacial score (nSPS) is 12.5. The molecule has 0 bridgehead atoms. The number of aromatic nitrogens is 2. The van der Waals surface area contributed by atoms with Gasteiger partial charge in [0.15, 0.2) is 11.5 Å². The van der Waals surface area contributed by atoms with Crippen LogP contribution in [0.5, 0.6) is 11.5 Å². The lowest BCUT2D eigenvalue weighted by Crippen LogP contribution is -2.03.